The average molecular weight is 267 g/mol. The van der Waals surface area contributed by atoms with E-state index >= 15 is 0 Å². The summed E-state index contributed by atoms with van der Waals surface area (Å²) in [6.45, 7) is 5.52. The molecule has 1 aromatic heterocycles. The number of nitrogens with one attached hydrogen (secondary N) is 1. The second kappa shape index (κ2) is 6.29. The van der Waals surface area contributed by atoms with Crippen LogP contribution in [0.2, 0.25) is 0 Å². The summed E-state index contributed by atoms with van der Waals surface area (Å²) in [5.41, 5.74) is -0.124. The smallest absolute Gasteiger partial charge is 0.251 e. The minimum atomic E-state index is -0.124. The molecule has 4 nitrogen and oxygen atoms in total. The van der Waals surface area contributed by atoms with Crippen LogP contribution < -0.4 is 5.56 Å². The van der Waals surface area contributed by atoms with Gasteiger partial charge in [-0.2, -0.15) is 0 Å². The molecule has 1 unspecified atom stereocenters. The molecule has 0 radical (unpaired) electrons. The summed E-state index contributed by atoms with van der Waals surface area (Å²) in [5, 5.41) is 0. The molecule has 1 fully saturated rings. The first-order valence-electron chi connectivity index (χ1n) is 6.70. The third kappa shape index (κ3) is 3.53. The number of piperidine rings is 1. The Morgan fingerprint density at radius 3 is 3.00 bits per heavy atom. The Kier molecular flexibility index (Phi) is 4.72. The molecule has 1 aliphatic rings. The van der Waals surface area contributed by atoms with Gasteiger partial charge in [-0.15, -0.1) is 0 Å². The van der Waals surface area contributed by atoms with Crippen molar-refractivity contribution in [3.63, 3.8) is 0 Å². The number of rotatable bonds is 4. The lowest BCUT2D eigenvalue weighted by molar-refractivity contribution is 0.156. The van der Waals surface area contributed by atoms with E-state index in [-0.39, 0.29) is 5.56 Å². The summed E-state index contributed by atoms with van der Waals surface area (Å²) in [5.74, 6) is 0. The van der Waals surface area contributed by atoms with Gasteiger partial charge in [-0.1, -0.05) is 6.42 Å². The van der Waals surface area contributed by atoms with Gasteiger partial charge in [-0.3, -0.25) is 9.78 Å². The van der Waals surface area contributed by atoms with Crippen LogP contribution in [0.3, 0.4) is 0 Å². The second-order valence-electron chi connectivity index (χ2n) is 5.04. The highest BCUT2D eigenvalue weighted by Gasteiger charge is 2.17. The van der Waals surface area contributed by atoms with Crippen LogP contribution in [0.1, 0.15) is 32.6 Å². The number of hydrogen-bond acceptors (Lipinski definition) is 3. The molecule has 1 aromatic rings. The first kappa shape index (κ1) is 13.5. The van der Waals surface area contributed by atoms with Gasteiger partial charge in [-0.05, 0) is 44.9 Å². The summed E-state index contributed by atoms with van der Waals surface area (Å²) in [7, 11) is 0. The zero-order valence-electron chi connectivity index (χ0n) is 10.9. The number of aryl methyl sites for hydroxylation is 1. The average Bonchev–Trinajstić information content (AvgIpc) is 2.34. The van der Waals surface area contributed by atoms with Crippen LogP contribution in [-0.4, -0.2) is 33.6 Å². The van der Waals surface area contributed by atoms with E-state index in [1.54, 1.807) is 6.20 Å². The van der Waals surface area contributed by atoms with Gasteiger partial charge >= 0.3 is 0 Å². The van der Waals surface area contributed by atoms with Gasteiger partial charge in [0.15, 0.2) is 4.77 Å². The number of aromatic nitrogens is 2. The Balaban J connectivity index is 1.84. The number of nitrogens with zero attached hydrogens (tertiary/aromatic N) is 2. The molecular weight excluding hydrogens is 246 g/mol. The fourth-order valence-electron chi connectivity index (χ4n) is 2.55. The van der Waals surface area contributed by atoms with Crippen molar-refractivity contribution in [2.45, 2.75) is 45.2 Å². The van der Waals surface area contributed by atoms with Gasteiger partial charge in [0.1, 0.15) is 0 Å². The molecule has 2 rings (SSSR count). The van der Waals surface area contributed by atoms with Crippen LogP contribution in [0.15, 0.2) is 17.1 Å². The van der Waals surface area contributed by atoms with Crippen molar-refractivity contribution < 1.29 is 0 Å². The lowest BCUT2D eigenvalue weighted by Gasteiger charge is -2.33. The topological polar surface area (TPSA) is 41.0 Å². The molecule has 2 heterocycles. The standard InChI is InChI=1S/C13H21N3OS/c1-11-5-2-3-7-15(11)8-4-9-16-10-6-12(17)14-13(16)18/h6,10-11H,2-5,7-9H2,1H3,(H,14,17,18). The van der Waals surface area contributed by atoms with Crippen molar-refractivity contribution in [3.05, 3.63) is 27.4 Å². The summed E-state index contributed by atoms with van der Waals surface area (Å²) in [4.78, 5) is 16.3. The van der Waals surface area contributed by atoms with Gasteiger partial charge in [-0.25, -0.2) is 0 Å². The number of likely N-dealkylation sites (tertiary alicyclic amines) is 1. The van der Waals surface area contributed by atoms with Crippen LogP contribution in [0.25, 0.3) is 0 Å². The molecule has 0 saturated carbocycles. The van der Waals surface area contributed by atoms with Gasteiger partial charge in [0.25, 0.3) is 5.56 Å². The lowest BCUT2D eigenvalue weighted by atomic mass is 10.0. The van der Waals surface area contributed by atoms with Crippen molar-refractivity contribution in [3.8, 4) is 0 Å². The summed E-state index contributed by atoms with van der Waals surface area (Å²) >= 11 is 5.13. The predicted molar refractivity (Wildman–Crippen MR) is 75.4 cm³/mol. The first-order chi connectivity index (χ1) is 8.66. The molecule has 1 aliphatic heterocycles. The van der Waals surface area contributed by atoms with Crippen molar-refractivity contribution in [2.75, 3.05) is 13.1 Å². The molecular formula is C13H21N3OS. The van der Waals surface area contributed by atoms with Crippen LogP contribution in [-0.2, 0) is 6.54 Å². The van der Waals surface area contributed by atoms with Gasteiger partial charge < -0.3 is 9.47 Å². The van der Waals surface area contributed by atoms with E-state index in [4.69, 9.17) is 12.2 Å². The van der Waals surface area contributed by atoms with Crippen molar-refractivity contribution in [1.29, 1.82) is 0 Å². The second-order valence-corrected chi connectivity index (χ2v) is 5.42. The van der Waals surface area contributed by atoms with E-state index < -0.39 is 0 Å². The maximum atomic E-state index is 11.1. The molecule has 0 spiro atoms. The minimum absolute atomic E-state index is 0.124. The molecule has 0 amide bonds. The van der Waals surface area contributed by atoms with E-state index in [0.29, 0.717) is 10.8 Å². The van der Waals surface area contributed by atoms with Gasteiger partial charge in [0.2, 0.25) is 0 Å². The van der Waals surface area contributed by atoms with E-state index in [1.165, 1.54) is 31.9 Å². The lowest BCUT2D eigenvalue weighted by Crippen LogP contribution is -2.38. The third-order valence-electron chi connectivity index (χ3n) is 3.68. The van der Waals surface area contributed by atoms with Crippen LogP contribution >= 0.6 is 12.2 Å². The zero-order chi connectivity index (χ0) is 13.0. The Bertz CT molecular complexity index is 493. The van der Waals surface area contributed by atoms with Gasteiger partial charge in [0, 0.05) is 31.4 Å². The molecule has 0 aliphatic carbocycles. The number of H-pyrrole nitrogens is 1. The number of hydrogen-bond donors (Lipinski definition) is 1. The maximum absolute atomic E-state index is 11.1. The fraction of sp³-hybridized carbons (Fsp3) is 0.692. The van der Waals surface area contributed by atoms with Crippen LogP contribution in [0.5, 0.6) is 0 Å². The highest BCUT2D eigenvalue weighted by atomic mass is 32.1. The quantitative estimate of drug-likeness (QED) is 0.850. The minimum Gasteiger partial charge on any atom is -0.325 e. The predicted octanol–water partition coefficient (Wildman–Crippen LogP) is 2.17. The first-order valence-corrected chi connectivity index (χ1v) is 7.11. The van der Waals surface area contributed by atoms with E-state index in [1.807, 2.05) is 4.57 Å². The van der Waals surface area contributed by atoms with Crippen molar-refractivity contribution in [2.24, 2.45) is 0 Å². The molecule has 1 atom stereocenters. The molecule has 0 bridgehead atoms. The zero-order valence-corrected chi connectivity index (χ0v) is 11.7. The largest absolute Gasteiger partial charge is 0.325 e. The molecule has 100 valence electrons. The Morgan fingerprint density at radius 1 is 1.44 bits per heavy atom. The Hall–Kier alpha value is -0.940. The molecule has 0 aromatic carbocycles. The Labute approximate surface area is 113 Å². The highest BCUT2D eigenvalue weighted by Crippen LogP contribution is 2.16. The Morgan fingerprint density at radius 2 is 2.28 bits per heavy atom. The summed E-state index contributed by atoms with van der Waals surface area (Å²) < 4.78 is 2.46. The van der Waals surface area contributed by atoms with E-state index in [2.05, 4.69) is 16.8 Å². The molecule has 18 heavy (non-hydrogen) atoms. The maximum Gasteiger partial charge on any atom is 0.251 e. The van der Waals surface area contributed by atoms with Crippen LogP contribution in [0, 0.1) is 4.77 Å². The van der Waals surface area contributed by atoms with Gasteiger partial charge in [0.05, 0.1) is 0 Å². The van der Waals surface area contributed by atoms with Crippen molar-refractivity contribution in [1.82, 2.24) is 14.5 Å². The molecule has 1 N–H and O–H groups in total. The SMILES string of the molecule is CC1CCCCN1CCCn1ccc(=O)[nH]c1=S. The summed E-state index contributed by atoms with van der Waals surface area (Å²) in [6.07, 6.45) is 6.86. The van der Waals surface area contributed by atoms with E-state index in [9.17, 15) is 4.79 Å². The van der Waals surface area contributed by atoms with E-state index in [0.717, 1.165) is 19.5 Å². The number of aromatic amines is 1. The monoisotopic (exact) mass is 267 g/mol. The van der Waals surface area contributed by atoms with Crippen LogP contribution in [0.4, 0.5) is 0 Å². The normalized spacial score (nSPS) is 21.1. The molecule has 5 heteroatoms. The third-order valence-corrected chi connectivity index (χ3v) is 4.02. The molecule has 1 saturated heterocycles. The van der Waals surface area contributed by atoms with Crippen molar-refractivity contribution >= 4 is 12.2 Å². The summed E-state index contributed by atoms with van der Waals surface area (Å²) in [6, 6.07) is 2.24. The fourth-order valence-corrected chi connectivity index (χ4v) is 2.81. The highest BCUT2D eigenvalue weighted by molar-refractivity contribution is 7.71.